The molecule has 0 spiro atoms. The number of aromatic nitrogens is 7. The molecule has 1 aliphatic rings. The minimum absolute atomic E-state index is 0.00831. The number of likely N-dealkylation sites (tertiary alicyclic amines) is 1. The molecule has 14 heteroatoms. The Balaban J connectivity index is 1.03. The van der Waals surface area contributed by atoms with Crippen molar-refractivity contribution in [2.75, 3.05) is 32.9 Å². The summed E-state index contributed by atoms with van der Waals surface area (Å²) in [6.07, 6.45) is 6.64. The summed E-state index contributed by atoms with van der Waals surface area (Å²) >= 11 is 0. The van der Waals surface area contributed by atoms with Gasteiger partial charge in [0.15, 0.2) is 5.65 Å². The molecule has 1 N–H and O–H groups in total. The molecular weight excluding hydrogens is 568 g/mol. The van der Waals surface area contributed by atoms with Gasteiger partial charge in [0.1, 0.15) is 24.3 Å². The number of nitrogens with zero attached hydrogens (tertiary/aromatic N) is 7. The van der Waals surface area contributed by atoms with Crippen molar-refractivity contribution >= 4 is 23.0 Å². The number of fused-ring (bicyclic) bond motifs is 1. The van der Waals surface area contributed by atoms with E-state index >= 15 is 0 Å². The number of amides is 1. The van der Waals surface area contributed by atoms with E-state index in [0.717, 1.165) is 10.3 Å². The summed E-state index contributed by atoms with van der Waals surface area (Å²) in [5.74, 6) is 0.547. The Hall–Kier alpha value is -4.43. The molecule has 0 bridgehead atoms. The number of aryl methyl sites for hydroxylation is 2. The van der Waals surface area contributed by atoms with E-state index in [1.54, 1.807) is 36.5 Å². The summed E-state index contributed by atoms with van der Waals surface area (Å²) in [5, 5.41) is 0. The van der Waals surface area contributed by atoms with Crippen molar-refractivity contribution in [1.82, 2.24) is 38.5 Å². The normalized spacial score (nSPS) is 14.8. The van der Waals surface area contributed by atoms with Crippen LogP contribution in [0.15, 0.2) is 40.4 Å². The fourth-order valence-corrected chi connectivity index (χ4v) is 5.40. The van der Waals surface area contributed by atoms with Crippen molar-refractivity contribution in [3.05, 3.63) is 74.5 Å². The molecule has 0 radical (unpaired) electrons. The van der Waals surface area contributed by atoms with Gasteiger partial charge in [-0.3, -0.25) is 33.1 Å². The Kier molecular flexibility index (Phi) is 9.49. The zero-order valence-corrected chi connectivity index (χ0v) is 25.5. The molecular formula is C30H38N8O6. The fourth-order valence-electron chi connectivity index (χ4n) is 5.40. The third-order valence-electron chi connectivity index (χ3n) is 7.96. The summed E-state index contributed by atoms with van der Waals surface area (Å²) in [4.78, 5) is 68.1. The number of carbonyl (C=O) groups excluding carboxylic acids is 2. The number of H-pyrrole nitrogens is 1. The van der Waals surface area contributed by atoms with Crippen LogP contribution in [0.2, 0.25) is 0 Å². The van der Waals surface area contributed by atoms with Gasteiger partial charge in [-0.1, -0.05) is 13.8 Å². The first-order valence-electron chi connectivity index (χ1n) is 14.8. The van der Waals surface area contributed by atoms with E-state index in [4.69, 9.17) is 9.47 Å². The molecule has 4 aromatic heterocycles. The van der Waals surface area contributed by atoms with E-state index in [2.05, 4.69) is 19.9 Å². The zero-order chi connectivity index (χ0) is 31.4. The minimum Gasteiger partial charge on any atom is -0.375 e. The quantitative estimate of drug-likeness (QED) is 0.266. The number of aromatic amines is 1. The van der Waals surface area contributed by atoms with Gasteiger partial charge in [0.25, 0.3) is 11.5 Å². The van der Waals surface area contributed by atoms with Crippen LogP contribution in [0.25, 0.3) is 11.2 Å². The molecule has 1 fully saturated rings. The maximum absolute atomic E-state index is 12.8. The highest BCUT2D eigenvalue weighted by molar-refractivity contribution is 5.96. The lowest BCUT2D eigenvalue weighted by atomic mass is 9.96. The average molecular weight is 607 g/mol. The monoisotopic (exact) mass is 606 g/mol. The van der Waals surface area contributed by atoms with Gasteiger partial charge in [-0.2, -0.15) is 0 Å². The van der Waals surface area contributed by atoms with E-state index in [-0.39, 0.29) is 30.3 Å². The van der Waals surface area contributed by atoms with Gasteiger partial charge in [0.2, 0.25) is 5.91 Å². The van der Waals surface area contributed by atoms with Crippen LogP contribution in [-0.2, 0) is 41.4 Å². The highest BCUT2D eigenvalue weighted by Crippen LogP contribution is 2.27. The Morgan fingerprint density at radius 2 is 1.82 bits per heavy atom. The Labute approximate surface area is 253 Å². The van der Waals surface area contributed by atoms with Crippen LogP contribution in [0, 0.1) is 5.92 Å². The fraction of sp³-hybridized carbons (Fsp3) is 0.500. The van der Waals surface area contributed by atoms with Gasteiger partial charge in [-0.15, -0.1) is 0 Å². The Morgan fingerprint density at radius 3 is 2.52 bits per heavy atom. The van der Waals surface area contributed by atoms with Gasteiger partial charge < -0.3 is 19.4 Å². The molecule has 1 aliphatic heterocycles. The summed E-state index contributed by atoms with van der Waals surface area (Å²) < 4.78 is 15.4. The highest BCUT2D eigenvalue weighted by atomic mass is 16.5. The van der Waals surface area contributed by atoms with Crippen molar-refractivity contribution in [2.24, 2.45) is 20.0 Å². The second-order valence-corrected chi connectivity index (χ2v) is 11.2. The molecule has 0 aromatic carbocycles. The highest BCUT2D eigenvalue weighted by Gasteiger charge is 2.27. The molecule has 1 atom stereocenters. The van der Waals surface area contributed by atoms with E-state index in [1.807, 2.05) is 13.8 Å². The van der Waals surface area contributed by atoms with Gasteiger partial charge in [-0.25, -0.2) is 14.8 Å². The molecule has 4 aromatic rings. The molecule has 5 rings (SSSR count). The van der Waals surface area contributed by atoms with Crippen molar-refractivity contribution in [3.8, 4) is 0 Å². The van der Waals surface area contributed by atoms with Gasteiger partial charge in [0.05, 0.1) is 36.8 Å². The predicted octanol–water partition coefficient (Wildman–Crippen LogP) is 1.38. The summed E-state index contributed by atoms with van der Waals surface area (Å²) in [6, 6.07) is 3.57. The molecule has 1 unspecified atom stereocenters. The Morgan fingerprint density at radius 1 is 1.07 bits per heavy atom. The largest absolute Gasteiger partial charge is 0.375 e. The number of carbonyl (C=O) groups is 2. The molecule has 1 amide bonds. The van der Waals surface area contributed by atoms with E-state index in [1.165, 1.54) is 22.5 Å². The molecule has 14 nitrogen and oxygen atoms in total. The van der Waals surface area contributed by atoms with Crippen molar-refractivity contribution in [3.63, 3.8) is 0 Å². The molecule has 44 heavy (non-hydrogen) atoms. The van der Waals surface area contributed by atoms with Crippen LogP contribution in [0.1, 0.15) is 60.2 Å². The molecule has 0 aliphatic carbocycles. The number of nitrogens with one attached hydrogen (secondary N) is 1. The first-order chi connectivity index (χ1) is 21.2. The third kappa shape index (κ3) is 6.55. The summed E-state index contributed by atoms with van der Waals surface area (Å²) in [7, 11) is 3.04. The van der Waals surface area contributed by atoms with Crippen LogP contribution in [0.3, 0.4) is 0 Å². The summed E-state index contributed by atoms with van der Waals surface area (Å²) in [6.45, 7) is 6.16. The number of pyridine rings is 1. The van der Waals surface area contributed by atoms with Crippen molar-refractivity contribution < 1.29 is 19.1 Å². The number of ether oxygens (including phenoxy) is 2. The topological polar surface area (TPSA) is 159 Å². The molecule has 5 heterocycles. The second-order valence-electron chi connectivity index (χ2n) is 11.2. The first-order valence-corrected chi connectivity index (χ1v) is 14.8. The van der Waals surface area contributed by atoms with Crippen molar-refractivity contribution in [1.29, 1.82) is 0 Å². The van der Waals surface area contributed by atoms with Crippen LogP contribution >= 0.6 is 0 Å². The van der Waals surface area contributed by atoms with Crippen molar-refractivity contribution in [2.45, 2.75) is 45.6 Å². The third-order valence-corrected chi connectivity index (χ3v) is 7.96. The first kappa shape index (κ1) is 31.0. The maximum Gasteiger partial charge on any atom is 0.332 e. The SMILES string of the molecule is CCc1nc(COCC(C)COCC(=O)N2CCC(c3nc4c([nH]3)c(=O)n(C)c(=O)n4C)CC2)ccc1C(=O)n1ccnc1. The standard InChI is InChI=1S/C30H38N8O6/c1-5-23-22(28(40)38-13-10-31-18-38)7-6-21(32-23)16-43-14-19(2)15-44-17-24(39)37-11-8-20(9-12-37)26-33-25-27(34-26)35(3)30(42)36(4)29(25)41/h6-7,10,13,18-20H,5,8-9,11-12,14-17H2,1-4H3,(H,33,34). The number of hydrogen-bond donors (Lipinski definition) is 1. The number of imidazole rings is 2. The molecule has 234 valence electrons. The van der Waals surface area contributed by atoms with Crippen LogP contribution < -0.4 is 11.2 Å². The van der Waals surface area contributed by atoms with E-state index in [0.29, 0.717) is 80.4 Å². The molecule has 0 saturated carbocycles. The van der Waals surface area contributed by atoms with Gasteiger partial charge in [0, 0.05) is 51.4 Å². The second kappa shape index (κ2) is 13.5. The lowest BCUT2D eigenvalue weighted by Gasteiger charge is -2.31. The maximum atomic E-state index is 12.8. The lowest BCUT2D eigenvalue weighted by molar-refractivity contribution is -0.137. The number of hydrogen-bond acceptors (Lipinski definition) is 9. The van der Waals surface area contributed by atoms with Crippen LogP contribution in [0.4, 0.5) is 0 Å². The number of rotatable bonds is 11. The smallest absolute Gasteiger partial charge is 0.332 e. The lowest BCUT2D eigenvalue weighted by Crippen LogP contribution is -2.40. The Bertz CT molecular complexity index is 1750. The minimum atomic E-state index is -0.421. The van der Waals surface area contributed by atoms with E-state index in [9.17, 15) is 19.2 Å². The molecule has 1 saturated heterocycles. The predicted molar refractivity (Wildman–Crippen MR) is 160 cm³/mol. The summed E-state index contributed by atoms with van der Waals surface area (Å²) in [5.41, 5.74) is 1.82. The van der Waals surface area contributed by atoms with Gasteiger partial charge in [-0.05, 0) is 31.4 Å². The average Bonchev–Trinajstić information content (AvgIpc) is 3.74. The van der Waals surface area contributed by atoms with Gasteiger partial charge >= 0.3 is 5.69 Å². The van der Waals surface area contributed by atoms with E-state index < -0.39 is 11.2 Å². The van der Waals surface area contributed by atoms with Crippen LogP contribution in [0.5, 0.6) is 0 Å². The van der Waals surface area contributed by atoms with Crippen LogP contribution in [-0.4, -0.2) is 83.3 Å². The zero-order valence-electron chi connectivity index (χ0n) is 25.5. The number of piperidine rings is 1.